The molecule has 0 bridgehead atoms. The van der Waals surface area contributed by atoms with E-state index in [9.17, 15) is 5.11 Å². The molecule has 1 aromatic carbocycles. The molecule has 0 N–H and O–H groups in total. The van der Waals surface area contributed by atoms with Crippen molar-refractivity contribution in [2.75, 3.05) is 0 Å². The van der Waals surface area contributed by atoms with Crippen LogP contribution in [0.25, 0.3) is 0 Å². The first-order valence-electron chi connectivity index (χ1n) is 4.08. The normalized spacial score (nSPS) is 12.2. The minimum Gasteiger partial charge on any atom is -0.462 e. The van der Waals surface area contributed by atoms with Gasteiger partial charge in [-0.15, -0.1) is 6.58 Å². The molecule has 2 heteroatoms. The van der Waals surface area contributed by atoms with E-state index in [1.165, 1.54) is 0 Å². The zero-order chi connectivity index (χ0) is 9.68. The van der Waals surface area contributed by atoms with Crippen LogP contribution in [-0.2, 0) is 11.5 Å². The summed E-state index contributed by atoms with van der Waals surface area (Å²) in [5, 5.41) is 10.7. The minimum atomic E-state index is -1.27. The molecule has 0 aromatic heterocycles. The van der Waals surface area contributed by atoms with Crippen molar-refractivity contribution in [1.82, 2.24) is 0 Å². The summed E-state index contributed by atoms with van der Waals surface area (Å²) >= 11 is 0. The maximum Gasteiger partial charge on any atom is 0.231 e. The summed E-state index contributed by atoms with van der Waals surface area (Å²) in [6.45, 7) is 6.86. The quantitative estimate of drug-likeness (QED) is 0.511. The van der Waals surface area contributed by atoms with Crippen LogP contribution in [0.2, 0.25) is 0 Å². The second kappa shape index (κ2) is 4.67. The van der Waals surface area contributed by atoms with Gasteiger partial charge in [0.25, 0.3) is 0 Å². The molecule has 0 spiro atoms. The second-order valence-corrected chi connectivity index (χ2v) is 2.65. The molecule has 0 amide bonds. The lowest BCUT2D eigenvalue weighted by Crippen LogP contribution is -2.09. The Kier molecular flexibility index (Phi) is 3.53. The molecule has 0 heterocycles. The SMILES string of the molecule is [CH2]C([O])Oc1ccccc1CC=C. The summed E-state index contributed by atoms with van der Waals surface area (Å²) < 4.78 is 4.98. The standard InChI is InChI=1S/C11H12O2/c1-3-6-10-7-4-5-8-11(10)13-9(2)12/h3-5,7-9H,1-2,6H2. The Bertz CT molecular complexity index is 279. The number of rotatable bonds is 4. The van der Waals surface area contributed by atoms with Crippen molar-refractivity contribution in [3.63, 3.8) is 0 Å². The van der Waals surface area contributed by atoms with Crippen LogP contribution in [0.3, 0.4) is 0 Å². The fourth-order valence-electron chi connectivity index (χ4n) is 1.08. The van der Waals surface area contributed by atoms with Gasteiger partial charge < -0.3 is 4.74 Å². The van der Waals surface area contributed by atoms with Crippen LogP contribution in [-0.4, -0.2) is 6.29 Å². The molecule has 1 atom stereocenters. The maximum atomic E-state index is 10.7. The maximum absolute atomic E-state index is 10.7. The highest BCUT2D eigenvalue weighted by Crippen LogP contribution is 2.19. The van der Waals surface area contributed by atoms with Crippen molar-refractivity contribution < 1.29 is 9.84 Å². The molecule has 1 rings (SSSR count). The van der Waals surface area contributed by atoms with Gasteiger partial charge in [0.15, 0.2) is 0 Å². The van der Waals surface area contributed by atoms with E-state index in [2.05, 4.69) is 13.5 Å². The average Bonchev–Trinajstić information content (AvgIpc) is 2.08. The molecule has 0 aliphatic rings. The third kappa shape index (κ3) is 2.92. The molecule has 1 aromatic rings. The average molecular weight is 176 g/mol. The van der Waals surface area contributed by atoms with Crippen LogP contribution >= 0.6 is 0 Å². The largest absolute Gasteiger partial charge is 0.462 e. The van der Waals surface area contributed by atoms with Crippen LogP contribution in [0.15, 0.2) is 36.9 Å². The molecule has 0 saturated carbocycles. The number of para-hydroxylation sites is 1. The van der Waals surface area contributed by atoms with Crippen molar-refractivity contribution in [2.24, 2.45) is 0 Å². The summed E-state index contributed by atoms with van der Waals surface area (Å²) in [4.78, 5) is 0. The zero-order valence-corrected chi connectivity index (χ0v) is 7.40. The minimum absolute atomic E-state index is 0.595. The zero-order valence-electron chi connectivity index (χ0n) is 7.40. The first kappa shape index (κ1) is 9.81. The first-order valence-corrected chi connectivity index (χ1v) is 4.08. The lowest BCUT2D eigenvalue weighted by Gasteiger charge is -2.10. The van der Waals surface area contributed by atoms with Crippen LogP contribution in [0.4, 0.5) is 0 Å². The summed E-state index contributed by atoms with van der Waals surface area (Å²) in [5.41, 5.74) is 0.960. The Labute approximate surface area is 78.5 Å². The van der Waals surface area contributed by atoms with Gasteiger partial charge in [0.1, 0.15) is 5.75 Å². The highest BCUT2D eigenvalue weighted by Gasteiger charge is 2.04. The van der Waals surface area contributed by atoms with Crippen molar-refractivity contribution in [1.29, 1.82) is 0 Å². The predicted molar refractivity (Wildman–Crippen MR) is 50.8 cm³/mol. The van der Waals surface area contributed by atoms with Crippen molar-refractivity contribution in [3.05, 3.63) is 49.4 Å². The monoisotopic (exact) mass is 176 g/mol. The van der Waals surface area contributed by atoms with Gasteiger partial charge in [0.05, 0.1) is 0 Å². The van der Waals surface area contributed by atoms with Crippen LogP contribution < -0.4 is 4.74 Å². The number of benzene rings is 1. The molecule has 1 unspecified atom stereocenters. The number of ether oxygens (including phenoxy) is 1. The van der Waals surface area contributed by atoms with Gasteiger partial charge in [0, 0.05) is 6.92 Å². The van der Waals surface area contributed by atoms with Gasteiger partial charge >= 0.3 is 0 Å². The topological polar surface area (TPSA) is 29.1 Å². The van der Waals surface area contributed by atoms with Crippen molar-refractivity contribution in [3.8, 4) is 5.75 Å². The summed E-state index contributed by atoms with van der Waals surface area (Å²) in [7, 11) is 0. The van der Waals surface area contributed by atoms with Crippen LogP contribution in [0.5, 0.6) is 5.75 Å². The van der Waals surface area contributed by atoms with E-state index in [4.69, 9.17) is 4.74 Å². The van der Waals surface area contributed by atoms with Gasteiger partial charge in [-0.05, 0) is 18.1 Å². The molecule has 68 valence electrons. The second-order valence-electron chi connectivity index (χ2n) is 2.65. The van der Waals surface area contributed by atoms with Crippen LogP contribution in [0.1, 0.15) is 5.56 Å². The molecule has 0 saturated heterocycles. The fourth-order valence-corrected chi connectivity index (χ4v) is 1.08. The van der Waals surface area contributed by atoms with E-state index in [0.717, 1.165) is 5.56 Å². The Morgan fingerprint density at radius 1 is 1.46 bits per heavy atom. The molecule has 2 radical (unpaired) electrons. The van der Waals surface area contributed by atoms with E-state index in [1.807, 2.05) is 18.2 Å². The van der Waals surface area contributed by atoms with Gasteiger partial charge in [-0.2, -0.15) is 5.11 Å². The summed E-state index contributed by atoms with van der Waals surface area (Å²) in [5.74, 6) is 0.595. The summed E-state index contributed by atoms with van der Waals surface area (Å²) in [6.07, 6.45) is 1.19. The Balaban J connectivity index is 2.83. The van der Waals surface area contributed by atoms with E-state index < -0.39 is 6.29 Å². The van der Waals surface area contributed by atoms with Gasteiger partial charge in [-0.3, -0.25) is 0 Å². The molecule has 13 heavy (non-hydrogen) atoms. The van der Waals surface area contributed by atoms with Crippen molar-refractivity contribution >= 4 is 0 Å². The fraction of sp³-hybridized carbons (Fsp3) is 0.182. The third-order valence-corrected chi connectivity index (χ3v) is 1.60. The molecular formula is C11H12O2. The smallest absolute Gasteiger partial charge is 0.231 e. The third-order valence-electron chi connectivity index (χ3n) is 1.60. The Morgan fingerprint density at radius 2 is 2.15 bits per heavy atom. The predicted octanol–water partition coefficient (Wildman–Crippen LogP) is 2.38. The first-order chi connectivity index (χ1) is 6.24. The highest BCUT2D eigenvalue weighted by molar-refractivity contribution is 5.34. The molecule has 0 aliphatic carbocycles. The van der Waals surface area contributed by atoms with Crippen molar-refractivity contribution in [2.45, 2.75) is 12.7 Å². The lowest BCUT2D eigenvalue weighted by molar-refractivity contribution is -0.0349. The molecular weight excluding hydrogens is 164 g/mol. The van der Waals surface area contributed by atoms with E-state index >= 15 is 0 Å². The van der Waals surface area contributed by atoms with E-state index in [0.29, 0.717) is 12.2 Å². The van der Waals surface area contributed by atoms with Gasteiger partial charge in [-0.1, -0.05) is 24.3 Å². The summed E-state index contributed by atoms with van der Waals surface area (Å²) in [6, 6.07) is 7.38. The van der Waals surface area contributed by atoms with E-state index in [1.54, 1.807) is 12.1 Å². The van der Waals surface area contributed by atoms with Gasteiger partial charge in [-0.25, -0.2) is 0 Å². The molecule has 2 nitrogen and oxygen atoms in total. The van der Waals surface area contributed by atoms with E-state index in [-0.39, 0.29) is 0 Å². The lowest BCUT2D eigenvalue weighted by atomic mass is 10.1. The van der Waals surface area contributed by atoms with Gasteiger partial charge in [0.2, 0.25) is 6.29 Å². The molecule has 0 aliphatic heterocycles. The molecule has 0 fully saturated rings. The number of hydrogen-bond donors (Lipinski definition) is 0. The Morgan fingerprint density at radius 3 is 2.77 bits per heavy atom. The van der Waals surface area contributed by atoms with Crippen LogP contribution in [0, 0.1) is 6.92 Å². The Hall–Kier alpha value is -1.28. The number of hydrogen-bond acceptors (Lipinski definition) is 1. The highest BCUT2D eigenvalue weighted by atomic mass is 16.6. The number of allylic oxidation sites excluding steroid dienone is 1.